The minimum atomic E-state index is -4.65. The molecule has 0 unspecified atom stereocenters. The molecule has 12 heteroatoms. The van der Waals surface area contributed by atoms with E-state index in [-0.39, 0.29) is 35.6 Å². The van der Waals surface area contributed by atoms with Crippen LogP contribution in [0.2, 0.25) is 0 Å². The Balaban J connectivity index is 1.50. The van der Waals surface area contributed by atoms with E-state index in [1.54, 1.807) is 36.4 Å². The van der Waals surface area contributed by atoms with Crippen LogP contribution >= 0.6 is 0 Å². The molecule has 9 nitrogen and oxygen atoms in total. The number of aromatic nitrogens is 3. The fraction of sp³-hybridized carbons (Fsp3) is 0.154. The first-order valence-electron chi connectivity index (χ1n) is 11.5. The number of nitrogens with two attached hydrogens (primary N) is 1. The molecule has 2 N–H and O–H groups in total. The van der Waals surface area contributed by atoms with E-state index in [1.165, 1.54) is 45.9 Å². The van der Waals surface area contributed by atoms with E-state index in [2.05, 4.69) is 5.10 Å². The summed E-state index contributed by atoms with van der Waals surface area (Å²) in [6, 6.07) is 15.5. The molecule has 3 aromatic carbocycles. The summed E-state index contributed by atoms with van der Waals surface area (Å²) < 4.78 is 44.0. The van der Waals surface area contributed by atoms with Gasteiger partial charge in [-0.15, -0.1) is 0 Å². The lowest BCUT2D eigenvalue weighted by atomic mass is 10.0. The molecule has 0 bridgehead atoms. The number of halogens is 3. The normalized spacial score (nSPS) is 13.8. The van der Waals surface area contributed by atoms with Crippen LogP contribution in [0.4, 0.5) is 29.3 Å². The van der Waals surface area contributed by atoms with Crippen LogP contribution in [0, 0.1) is 0 Å². The zero-order valence-corrected chi connectivity index (χ0v) is 20.0. The molecule has 2 heterocycles. The van der Waals surface area contributed by atoms with Gasteiger partial charge in [0.15, 0.2) is 0 Å². The van der Waals surface area contributed by atoms with Crippen molar-refractivity contribution in [1.29, 1.82) is 0 Å². The summed E-state index contributed by atoms with van der Waals surface area (Å²) in [7, 11) is 1.51. The van der Waals surface area contributed by atoms with Gasteiger partial charge in [0.25, 0.3) is 0 Å². The Morgan fingerprint density at radius 2 is 1.55 bits per heavy atom. The van der Waals surface area contributed by atoms with Gasteiger partial charge in [0, 0.05) is 37.1 Å². The molecule has 0 aliphatic carbocycles. The smallest absolute Gasteiger partial charge is 0.366 e. The second kappa shape index (κ2) is 9.21. The molecule has 0 spiro atoms. The van der Waals surface area contributed by atoms with Crippen LogP contribution in [0.5, 0.6) is 0 Å². The molecule has 5 rings (SSSR count). The van der Waals surface area contributed by atoms with Gasteiger partial charge in [-0.3, -0.25) is 14.6 Å². The van der Waals surface area contributed by atoms with Crippen molar-refractivity contribution in [2.45, 2.75) is 6.18 Å². The highest BCUT2D eigenvalue weighted by molar-refractivity contribution is 6.07. The summed E-state index contributed by atoms with van der Waals surface area (Å²) in [6.07, 6.45) is -3.30. The van der Waals surface area contributed by atoms with Crippen LogP contribution in [0.25, 0.3) is 16.8 Å². The van der Waals surface area contributed by atoms with E-state index in [4.69, 9.17) is 5.73 Å². The summed E-state index contributed by atoms with van der Waals surface area (Å²) in [5, 5.41) is 3.89. The molecular weight excluding hydrogens is 501 g/mol. The standard InChI is InChI=1S/C26H21F3N6O3/c1-32-24(37)35(15-31-32)20-7-5-16(6-8-20)18-11-19(26(27,28)29)14-22(13-18)34-10-9-33(25(34)38)21-4-2-3-17(12-21)23(30)36/h2-8,11-15H,9-10H2,1H3,(H2,30,36). The Hall–Kier alpha value is -4.87. The van der Waals surface area contributed by atoms with E-state index >= 15 is 0 Å². The maximum atomic E-state index is 13.8. The molecule has 1 aliphatic heterocycles. The average Bonchev–Trinajstić information content (AvgIpc) is 3.45. The number of amides is 3. The predicted octanol–water partition coefficient (Wildman–Crippen LogP) is 3.80. The van der Waals surface area contributed by atoms with Gasteiger partial charge in [-0.05, 0) is 59.7 Å². The molecule has 1 aromatic heterocycles. The third-order valence-corrected chi connectivity index (χ3v) is 6.31. The molecule has 194 valence electrons. The van der Waals surface area contributed by atoms with Crippen molar-refractivity contribution in [2.75, 3.05) is 22.9 Å². The Kier molecular flexibility index (Phi) is 6.02. The molecule has 38 heavy (non-hydrogen) atoms. The maximum Gasteiger partial charge on any atom is 0.416 e. The number of carbonyl (C=O) groups excluding carboxylic acids is 2. The topological polar surface area (TPSA) is 106 Å². The van der Waals surface area contributed by atoms with Crippen molar-refractivity contribution in [1.82, 2.24) is 14.3 Å². The molecule has 4 aromatic rings. The molecule has 1 aliphatic rings. The van der Waals surface area contributed by atoms with E-state index in [0.29, 0.717) is 16.9 Å². The fourth-order valence-electron chi connectivity index (χ4n) is 4.32. The maximum absolute atomic E-state index is 13.8. The number of carbonyl (C=O) groups is 2. The van der Waals surface area contributed by atoms with E-state index < -0.39 is 23.7 Å². The van der Waals surface area contributed by atoms with Crippen molar-refractivity contribution in [3.63, 3.8) is 0 Å². The van der Waals surface area contributed by atoms with Crippen LogP contribution in [0.1, 0.15) is 15.9 Å². The second-order valence-electron chi connectivity index (χ2n) is 8.72. The summed E-state index contributed by atoms with van der Waals surface area (Å²) in [5.74, 6) is -0.655. The van der Waals surface area contributed by atoms with Crippen molar-refractivity contribution in [3.8, 4) is 16.8 Å². The van der Waals surface area contributed by atoms with Crippen LogP contribution in [-0.4, -0.2) is 39.4 Å². The van der Waals surface area contributed by atoms with E-state index in [0.717, 1.165) is 16.8 Å². The molecule has 3 amide bonds. The summed E-state index contributed by atoms with van der Waals surface area (Å²) in [4.78, 5) is 39.6. The molecule has 0 saturated carbocycles. The van der Waals surface area contributed by atoms with Gasteiger partial charge in [0.2, 0.25) is 5.91 Å². The third kappa shape index (κ3) is 4.51. The quantitative estimate of drug-likeness (QED) is 0.430. The number of aryl methyl sites for hydroxylation is 1. The number of primary amides is 1. The van der Waals surface area contributed by atoms with Crippen LogP contribution in [-0.2, 0) is 13.2 Å². The molecule has 1 fully saturated rings. The molecule has 0 atom stereocenters. The number of rotatable bonds is 5. The first-order valence-corrected chi connectivity index (χ1v) is 11.5. The van der Waals surface area contributed by atoms with Crippen molar-refractivity contribution >= 4 is 23.3 Å². The van der Waals surface area contributed by atoms with Crippen LogP contribution in [0.3, 0.4) is 0 Å². The largest absolute Gasteiger partial charge is 0.416 e. The SMILES string of the molecule is Cn1ncn(-c2ccc(-c3cc(N4CCN(c5cccc(C(N)=O)c5)C4=O)cc(C(F)(F)F)c3)cc2)c1=O. The number of nitrogens with zero attached hydrogens (tertiary/aromatic N) is 5. The van der Waals surface area contributed by atoms with Crippen molar-refractivity contribution in [2.24, 2.45) is 12.8 Å². The molecule has 1 saturated heterocycles. The monoisotopic (exact) mass is 522 g/mol. The Labute approximate surface area is 214 Å². The van der Waals surface area contributed by atoms with Gasteiger partial charge in [0.05, 0.1) is 11.3 Å². The zero-order valence-electron chi connectivity index (χ0n) is 20.0. The minimum Gasteiger partial charge on any atom is -0.366 e. The van der Waals surface area contributed by atoms with Crippen molar-refractivity contribution < 1.29 is 22.8 Å². The Bertz CT molecular complexity index is 1610. The van der Waals surface area contributed by atoms with E-state index in [1.807, 2.05) is 0 Å². The van der Waals surface area contributed by atoms with Gasteiger partial charge in [0.1, 0.15) is 6.33 Å². The third-order valence-electron chi connectivity index (χ3n) is 6.31. The van der Waals surface area contributed by atoms with Gasteiger partial charge in [-0.25, -0.2) is 18.8 Å². The number of benzene rings is 3. The minimum absolute atomic E-state index is 0.0842. The van der Waals surface area contributed by atoms with Gasteiger partial charge >= 0.3 is 17.9 Å². The van der Waals surface area contributed by atoms with Crippen molar-refractivity contribution in [3.05, 3.63) is 94.7 Å². The highest BCUT2D eigenvalue weighted by Crippen LogP contribution is 2.37. The zero-order chi connectivity index (χ0) is 27.2. The summed E-state index contributed by atoms with van der Waals surface area (Å²) >= 11 is 0. The number of urea groups is 1. The highest BCUT2D eigenvalue weighted by Gasteiger charge is 2.35. The lowest BCUT2D eigenvalue weighted by Gasteiger charge is -2.21. The Morgan fingerprint density at radius 3 is 2.16 bits per heavy atom. The highest BCUT2D eigenvalue weighted by atomic mass is 19.4. The molecular formula is C26H21F3N6O3. The lowest BCUT2D eigenvalue weighted by molar-refractivity contribution is -0.137. The number of hydrogen-bond donors (Lipinski definition) is 1. The van der Waals surface area contributed by atoms with Gasteiger partial charge in [-0.2, -0.15) is 18.3 Å². The van der Waals surface area contributed by atoms with E-state index in [9.17, 15) is 27.6 Å². The first-order chi connectivity index (χ1) is 18.0. The summed E-state index contributed by atoms with van der Waals surface area (Å²) in [5.41, 5.74) is 6.01. The van der Waals surface area contributed by atoms with Crippen LogP contribution < -0.4 is 21.2 Å². The number of anilines is 2. The Morgan fingerprint density at radius 1 is 0.868 bits per heavy atom. The predicted molar refractivity (Wildman–Crippen MR) is 134 cm³/mol. The second-order valence-corrected chi connectivity index (χ2v) is 8.72. The first kappa shape index (κ1) is 24.8. The fourth-order valence-corrected chi connectivity index (χ4v) is 4.32. The van der Waals surface area contributed by atoms with Gasteiger partial charge < -0.3 is 5.73 Å². The lowest BCUT2D eigenvalue weighted by Crippen LogP contribution is -2.32. The average molecular weight is 522 g/mol. The van der Waals surface area contributed by atoms with Crippen LogP contribution in [0.15, 0.2) is 77.9 Å². The number of hydrogen-bond acceptors (Lipinski definition) is 4. The molecule has 0 radical (unpaired) electrons. The van der Waals surface area contributed by atoms with Gasteiger partial charge in [-0.1, -0.05) is 18.2 Å². The summed E-state index contributed by atoms with van der Waals surface area (Å²) in [6.45, 7) is 0.352. The number of alkyl halides is 3.